The van der Waals surface area contributed by atoms with Crippen LogP contribution in [-0.4, -0.2) is 37.1 Å². The van der Waals surface area contributed by atoms with Crippen LogP contribution in [0.4, 0.5) is 0 Å². The lowest BCUT2D eigenvalue weighted by Crippen LogP contribution is -2.31. The normalized spacial score (nSPS) is 9.31. The van der Waals surface area contributed by atoms with Gasteiger partial charge in [0.1, 0.15) is 0 Å². The Morgan fingerprint density at radius 1 is 1.77 bits per heavy atom. The molecule has 0 saturated heterocycles. The fourth-order valence-corrected chi connectivity index (χ4v) is 0.886. The number of hydrogen-bond acceptors (Lipinski definition) is 3. The summed E-state index contributed by atoms with van der Waals surface area (Å²) in [6.07, 6.45) is 6.84. The van der Waals surface area contributed by atoms with Crippen molar-refractivity contribution in [2.75, 3.05) is 26.2 Å². The lowest BCUT2D eigenvalue weighted by molar-refractivity contribution is -0.144. The average Bonchev–Trinajstić information content (AvgIpc) is 2.05. The van der Waals surface area contributed by atoms with Gasteiger partial charge >= 0.3 is 5.97 Å². The number of esters is 1. The molecule has 0 saturated carbocycles. The third kappa shape index (κ3) is 5.94. The highest BCUT2D eigenvalue weighted by Crippen LogP contribution is 1.89. The second-order valence-corrected chi connectivity index (χ2v) is 2.47. The summed E-state index contributed by atoms with van der Waals surface area (Å²) in [5, 5.41) is 0. The molecule has 0 aromatic rings. The molecule has 0 aliphatic carbocycles. The smallest absolute Gasteiger partial charge is 0.320 e. The average molecular weight is 181 g/mol. The van der Waals surface area contributed by atoms with Crippen LogP contribution in [0.3, 0.4) is 0 Å². The minimum atomic E-state index is -0.250. The van der Waals surface area contributed by atoms with E-state index in [2.05, 4.69) is 12.5 Å². The fourth-order valence-electron chi connectivity index (χ4n) is 0.886. The van der Waals surface area contributed by atoms with Crippen molar-refractivity contribution in [1.82, 2.24) is 4.90 Å². The molecular weight excluding hydrogens is 166 g/mol. The Balaban J connectivity index is 3.87. The molecule has 0 aliphatic rings. The predicted octanol–water partition coefficient (Wildman–Crippen LogP) is 0.671. The molecule has 0 aromatic carbocycles. The van der Waals surface area contributed by atoms with Crippen molar-refractivity contribution in [3.05, 3.63) is 12.7 Å². The molecule has 13 heavy (non-hydrogen) atoms. The molecule has 3 nitrogen and oxygen atoms in total. The Morgan fingerprint density at radius 2 is 2.46 bits per heavy atom. The Hall–Kier alpha value is -1.27. The summed E-state index contributed by atoms with van der Waals surface area (Å²) in [6, 6.07) is 0. The molecule has 0 amide bonds. The van der Waals surface area contributed by atoms with E-state index in [9.17, 15) is 4.79 Å². The van der Waals surface area contributed by atoms with Gasteiger partial charge in [0, 0.05) is 6.54 Å². The molecule has 0 spiro atoms. The van der Waals surface area contributed by atoms with Crippen LogP contribution < -0.4 is 0 Å². The summed E-state index contributed by atoms with van der Waals surface area (Å²) in [7, 11) is 0. The first kappa shape index (κ1) is 11.7. The van der Waals surface area contributed by atoms with Gasteiger partial charge in [0.25, 0.3) is 0 Å². The molecule has 72 valence electrons. The van der Waals surface area contributed by atoms with Crippen LogP contribution in [0.2, 0.25) is 0 Å². The standard InChI is InChI=1S/C10H15NO2/c1-4-7-11(8-5-2)9-10(12)13-6-3/h1,5H,2,6-9H2,3H3. The minimum absolute atomic E-state index is 0.226. The summed E-state index contributed by atoms with van der Waals surface area (Å²) in [5.74, 6) is 2.22. The lowest BCUT2D eigenvalue weighted by atomic mass is 10.4. The van der Waals surface area contributed by atoms with Crippen LogP contribution in [0, 0.1) is 12.3 Å². The van der Waals surface area contributed by atoms with Gasteiger partial charge in [-0.2, -0.15) is 0 Å². The molecule has 0 fully saturated rings. The van der Waals surface area contributed by atoms with Crippen LogP contribution in [0.1, 0.15) is 6.92 Å². The van der Waals surface area contributed by atoms with Gasteiger partial charge in [0.15, 0.2) is 0 Å². The van der Waals surface area contributed by atoms with E-state index < -0.39 is 0 Å². The molecule has 3 heteroatoms. The fraction of sp³-hybridized carbons (Fsp3) is 0.500. The van der Waals surface area contributed by atoms with Crippen LogP contribution in [-0.2, 0) is 9.53 Å². The first-order valence-corrected chi connectivity index (χ1v) is 4.16. The topological polar surface area (TPSA) is 29.5 Å². The third-order valence-corrected chi connectivity index (χ3v) is 1.36. The monoisotopic (exact) mass is 181 g/mol. The molecule has 0 bridgehead atoms. The van der Waals surface area contributed by atoms with Gasteiger partial charge < -0.3 is 4.74 Å². The Morgan fingerprint density at radius 3 is 2.92 bits per heavy atom. The molecule has 0 aliphatic heterocycles. The van der Waals surface area contributed by atoms with Gasteiger partial charge in [-0.25, -0.2) is 0 Å². The first-order valence-electron chi connectivity index (χ1n) is 4.16. The van der Waals surface area contributed by atoms with Gasteiger partial charge in [-0.15, -0.1) is 13.0 Å². The van der Waals surface area contributed by atoms with Crippen molar-refractivity contribution in [1.29, 1.82) is 0 Å². The Kier molecular flexibility index (Phi) is 6.66. The van der Waals surface area contributed by atoms with E-state index in [1.165, 1.54) is 0 Å². The highest BCUT2D eigenvalue weighted by Gasteiger charge is 2.08. The number of nitrogens with zero attached hydrogens (tertiary/aromatic N) is 1. The summed E-state index contributed by atoms with van der Waals surface area (Å²) in [5.41, 5.74) is 0. The van der Waals surface area contributed by atoms with Gasteiger partial charge in [0.2, 0.25) is 0 Å². The highest BCUT2D eigenvalue weighted by atomic mass is 16.5. The van der Waals surface area contributed by atoms with E-state index in [1.54, 1.807) is 17.9 Å². The van der Waals surface area contributed by atoms with Gasteiger partial charge in [-0.3, -0.25) is 9.69 Å². The summed E-state index contributed by atoms with van der Waals surface area (Å²) in [6.45, 7) is 7.01. The Bertz CT molecular complexity index is 205. The van der Waals surface area contributed by atoms with E-state index in [4.69, 9.17) is 11.2 Å². The zero-order valence-electron chi connectivity index (χ0n) is 7.95. The van der Waals surface area contributed by atoms with Crippen LogP contribution >= 0.6 is 0 Å². The number of terminal acetylenes is 1. The van der Waals surface area contributed by atoms with Crippen molar-refractivity contribution in [2.45, 2.75) is 6.92 Å². The van der Waals surface area contributed by atoms with Crippen molar-refractivity contribution in [2.24, 2.45) is 0 Å². The number of hydrogen-bond donors (Lipinski definition) is 0. The maximum absolute atomic E-state index is 11.0. The maximum atomic E-state index is 11.0. The van der Waals surface area contributed by atoms with Crippen molar-refractivity contribution in [3.8, 4) is 12.3 Å². The second-order valence-electron chi connectivity index (χ2n) is 2.47. The van der Waals surface area contributed by atoms with Gasteiger partial charge in [-0.1, -0.05) is 12.0 Å². The van der Waals surface area contributed by atoms with Crippen LogP contribution in [0.25, 0.3) is 0 Å². The van der Waals surface area contributed by atoms with E-state index >= 15 is 0 Å². The maximum Gasteiger partial charge on any atom is 0.320 e. The molecule has 0 rings (SSSR count). The zero-order chi connectivity index (χ0) is 10.1. The molecule has 0 radical (unpaired) electrons. The first-order chi connectivity index (χ1) is 6.24. The van der Waals surface area contributed by atoms with Gasteiger partial charge in [-0.05, 0) is 6.92 Å². The SMILES string of the molecule is C#CCN(CC=C)CC(=O)OCC. The number of ether oxygens (including phenoxy) is 1. The van der Waals surface area contributed by atoms with Crippen LogP contribution in [0.15, 0.2) is 12.7 Å². The van der Waals surface area contributed by atoms with Crippen LogP contribution in [0.5, 0.6) is 0 Å². The van der Waals surface area contributed by atoms with Crippen molar-refractivity contribution in [3.63, 3.8) is 0 Å². The van der Waals surface area contributed by atoms with E-state index in [0.717, 1.165) is 0 Å². The number of carbonyl (C=O) groups is 1. The summed E-state index contributed by atoms with van der Waals surface area (Å²) < 4.78 is 4.78. The summed E-state index contributed by atoms with van der Waals surface area (Å²) in [4.78, 5) is 12.8. The quantitative estimate of drug-likeness (QED) is 0.343. The molecular formula is C10H15NO2. The van der Waals surface area contributed by atoms with E-state index in [1.807, 2.05) is 0 Å². The zero-order valence-corrected chi connectivity index (χ0v) is 7.95. The molecule has 0 atom stereocenters. The largest absolute Gasteiger partial charge is 0.465 e. The van der Waals surface area contributed by atoms with Crippen molar-refractivity contribution < 1.29 is 9.53 Å². The second kappa shape index (κ2) is 7.38. The number of carbonyl (C=O) groups excluding carboxylic acids is 1. The number of rotatable bonds is 6. The third-order valence-electron chi connectivity index (χ3n) is 1.36. The van der Waals surface area contributed by atoms with E-state index in [0.29, 0.717) is 19.7 Å². The minimum Gasteiger partial charge on any atom is -0.465 e. The van der Waals surface area contributed by atoms with Gasteiger partial charge in [0.05, 0.1) is 19.7 Å². The summed E-state index contributed by atoms with van der Waals surface area (Å²) >= 11 is 0. The molecule has 0 aromatic heterocycles. The molecule has 0 N–H and O–H groups in total. The van der Waals surface area contributed by atoms with E-state index in [-0.39, 0.29) is 12.5 Å². The molecule has 0 heterocycles. The Labute approximate surface area is 79.4 Å². The van der Waals surface area contributed by atoms with Crippen molar-refractivity contribution >= 4 is 5.97 Å². The highest BCUT2D eigenvalue weighted by molar-refractivity contribution is 5.71. The molecule has 0 unspecified atom stereocenters. The lowest BCUT2D eigenvalue weighted by Gasteiger charge is -2.15. The predicted molar refractivity (Wildman–Crippen MR) is 52.1 cm³/mol.